The highest BCUT2D eigenvalue weighted by atomic mass is 16.6. The molecule has 1 fully saturated rings. The number of carbonyl (C=O) groups excluding carboxylic acids is 2. The van der Waals surface area contributed by atoms with E-state index in [1.807, 2.05) is 0 Å². The van der Waals surface area contributed by atoms with Crippen LogP contribution in [0.15, 0.2) is 36.4 Å². The van der Waals surface area contributed by atoms with Gasteiger partial charge in [0.15, 0.2) is 35.2 Å². The van der Waals surface area contributed by atoms with Crippen molar-refractivity contribution in [3.8, 4) is 23.0 Å². The van der Waals surface area contributed by atoms with Crippen molar-refractivity contribution in [2.45, 2.75) is 12.2 Å². The molecule has 0 aromatic heterocycles. The molecule has 2 unspecified atom stereocenters. The van der Waals surface area contributed by atoms with Crippen LogP contribution in [0.1, 0.15) is 20.7 Å². The Morgan fingerprint density at radius 3 is 1.62 bits per heavy atom. The van der Waals surface area contributed by atoms with Gasteiger partial charge in [-0.2, -0.15) is 0 Å². The maximum Gasteiger partial charge on any atom is 0.338 e. The van der Waals surface area contributed by atoms with E-state index in [9.17, 15) is 19.8 Å². The van der Waals surface area contributed by atoms with Gasteiger partial charge < -0.3 is 33.9 Å². The molecule has 2 aromatic rings. The molecule has 2 atom stereocenters. The first-order chi connectivity index (χ1) is 13.9. The maximum absolute atomic E-state index is 12.4. The van der Waals surface area contributed by atoms with Gasteiger partial charge in [0.2, 0.25) is 0 Å². The van der Waals surface area contributed by atoms with Gasteiger partial charge in [-0.25, -0.2) is 9.59 Å². The third-order valence-electron chi connectivity index (χ3n) is 4.33. The van der Waals surface area contributed by atoms with Crippen molar-refractivity contribution < 1.29 is 43.5 Å². The molecule has 2 aromatic carbocycles. The number of esters is 2. The lowest BCUT2D eigenvalue weighted by molar-refractivity contribution is -0.0176. The fourth-order valence-corrected chi connectivity index (χ4v) is 2.76. The zero-order valence-corrected chi connectivity index (χ0v) is 15.8. The van der Waals surface area contributed by atoms with Crippen LogP contribution in [0.4, 0.5) is 0 Å². The number of ether oxygens (including phenoxy) is 5. The molecule has 0 saturated carbocycles. The Morgan fingerprint density at radius 2 is 1.24 bits per heavy atom. The molecular formula is C20H20O9. The Hall–Kier alpha value is -3.46. The molecule has 3 rings (SSSR count). The van der Waals surface area contributed by atoms with E-state index in [2.05, 4.69) is 0 Å². The number of aromatic hydroxyl groups is 2. The van der Waals surface area contributed by atoms with Crippen molar-refractivity contribution in [2.24, 2.45) is 0 Å². The highest BCUT2D eigenvalue weighted by Gasteiger charge is 2.35. The Labute approximate surface area is 166 Å². The van der Waals surface area contributed by atoms with Gasteiger partial charge >= 0.3 is 11.9 Å². The van der Waals surface area contributed by atoms with E-state index >= 15 is 0 Å². The van der Waals surface area contributed by atoms with Gasteiger partial charge in [-0.3, -0.25) is 0 Å². The molecule has 154 valence electrons. The third kappa shape index (κ3) is 4.52. The number of hydrogen-bond acceptors (Lipinski definition) is 9. The molecule has 1 saturated heterocycles. The molecule has 1 heterocycles. The highest BCUT2D eigenvalue weighted by Crippen LogP contribution is 2.28. The lowest BCUT2D eigenvalue weighted by atomic mass is 10.2. The molecular weight excluding hydrogens is 384 g/mol. The van der Waals surface area contributed by atoms with Crippen molar-refractivity contribution >= 4 is 11.9 Å². The van der Waals surface area contributed by atoms with Crippen molar-refractivity contribution in [2.75, 3.05) is 27.4 Å². The summed E-state index contributed by atoms with van der Waals surface area (Å²) in [4.78, 5) is 24.8. The molecule has 0 spiro atoms. The Balaban J connectivity index is 1.67. The number of methoxy groups -OCH3 is 2. The van der Waals surface area contributed by atoms with Crippen LogP contribution in [0.5, 0.6) is 23.0 Å². The monoisotopic (exact) mass is 404 g/mol. The summed E-state index contributed by atoms with van der Waals surface area (Å²) < 4.78 is 26.1. The minimum Gasteiger partial charge on any atom is -0.504 e. The second kappa shape index (κ2) is 8.70. The Morgan fingerprint density at radius 1 is 0.828 bits per heavy atom. The summed E-state index contributed by atoms with van der Waals surface area (Å²) in [5, 5.41) is 19.3. The molecule has 0 amide bonds. The standard InChI is InChI=1S/C20H20O9/c1-25-15-7-11(3-5-13(15)21)19(23)28-17-9-27-10-18(17)29-20(24)12-4-6-14(22)16(8-12)26-2/h3-8,17-18,21-22H,9-10H2,1-2H3. The summed E-state index contributed by atoms with van der Waals surface area (Å²) in [7, 11) is 2.73. The first-order valence-corrected chi connectivity index (χ1v) is 8.66. The summed E-state index contributed by atoms with van der Waals surface area (Å²) >= 11 is 0. The number of hydrogen-bond donors (Lipinski definition) is 2. The van der Waals surface area contributed by atoms with Crippen molar-refractivity contribution in [3.05, 3.63) is 47.5 Å². The zero-order chi connectivity index (χ0) is 21.0. The molecule has 2 N–H and O–H groups in total. The van der Waals surface area contributed by atoms with Gasteiger partial charge in [0.25, 0.3) is 0 Å². The van der Waals surface area contributed by atoms with Gasteiger partial charge in [0.1, 0.15) is 0 Å². The van der Waals surface area contributed by atoms with E-state index in [4.69, 9.17) is 23.7 Å². The average Bonchev–Trinajstić information content (AvgIpc) is 3.15. The van der Waals surface area contributed by atoms with Gasteiger partial charge in [0, 0.05) is 0 Å². The first-order valence-electron chi connectivity index (χ1n) is 8.66. The number of rotatable bonds is 6. The third-order valence-corrected chi connectivity index (χ3v) is 4.33. The summed E-state index contributed by atoms with van der Waals surface area (Å²) in [5.41, 5.74) is 0.333. The van der Waals surface area contributed by atoms with E-state index in [0.717, 1.165) is 0 Å². The molecule has 29 heavy (non-hydrogen) atoms. The number of carbonyl (C=O) groups is 2. The minimum atomic E-state index is -0.801. The van der Waals surface area contributed by atoms with E-state index in [1.54, 1.807) is 0 Å². The van der Waals surface area contributed by atoms with Crippen LogP contribution in [-0.2, 0) is 14.2 Å². The van der Waals surface area contributed by atoms with E-state index in [-0.39, 0.29) is 47.3 Å². The van der Waals surface area contributed by atoms with Crippen LogP contribution in [0.25, 0.3) is 0 Å². The van der Waals surface area contributed by atoms with Crippen LogP contribution >= 0.6 is 0 Å². The number of phenols is 2. The maximum atomic E-state index is 12.4. The second-order valence-electron chi connectivity index (χ2n) is 6.20. The lowest BCUT2D eigenvalue weighted by Crippen LogP contribution is -2.34. The highest BCUT2D eigenvalue weighted by molar-refractivity contribution is 5.91. The average molecular weight is 404 g/mol. The van der Waals surface area contributed by atoms with Crippen molar-refractivity contribution in [1.82, 2.24) is 0 Å². The summed E-state index contributed by atoms with van der Waals surface area (Å²) in [5.74, 6) is -1.30. The van der Waals surface area contributed by atoms with Gasteiger partial charge in [0.05, 0.1) is 38.6 Å². The molecule has 1 aliphatic heterocycles. The van der Waals surface area contributed by atoms with Crippen LogP contribution < -0.4 is 9.47 Å². The van der Waals surface area contributed by atoms with E-state index in [0.29, 0.717) is 0 Å². The fraction of sp³-hybridized carbons (Fsp3) is 0.300. The van der Waals surface area contributed by atoms with Crippen LogP contribution in [0.3, 0.4) is 0 Å². The summed E-state index contributed by atoms with van der Waals surface area (Å²) in [6.45, 7) is 0.135. The van der Waals surface area contributed by atoms with Crippen molar-refractivity contribution in [1.29, 1.82) is 0 Å². The quantitative estimate of drug-likeness (QED) is 0.695. The predicted octanol–water partition coefficient (Wildman–Crippen LogP) is 1.90. The largest absolute Gasteiger partial charge is 0.504 e. The Bertz CT molecular complexity index is 835. The minimum absolute atomic E-state index is 0.0673. The van der Waals surface area contributed by atoms with Crippen LogP contribution in [-0.4, -0.2) is 61.8 Å². The van der Waals surface area contributed by atoms with Gasteiger partial charge in [-0.15, -0.1) is 0 Å². The molecule has 1 aliphatic rings. The topological polar surface area (TPSA) is 121 Å². The zero-order valence-electron chi connectivity index (χ0n) is 15.8. The smallest absolute Gasteiger partial charge is 0.338 e. The van der Waals surface area contributed by atoms with Crippen molar-refractivity contribution in [3.63, 3.8) is 0 Å². The number of phenolic OH excluding ortho intramolecular Hbond substituents is 2. The van der Waals surface area contributed by atoms with E-state index in [1.165, 1.54) is 50.6 Å². The fourth-order valence-electron chi connectivity index (χ4n) is 2.76. The Kier molecular flexibility index (Phi) is 6.08. The molecule has 0 aliphatic carbocycles. The molecule has 9 heteroatoms. The summed E-state index contributed by atoms with van der Waals surface area (Å²) in [6, 6.07) is 8.10. The molecule has 0 bridgehead atoms. The van der Waals surface area contributed by atoms with Gasteiger partial charge in [-0.05, 0) is 36.4 Å². The predicted molar refractivity (Wildman–Crippen MR) is 98.5 cm³/mol. The summed E-state index contributed by atoms with van der Waals surface area (Å²) in [6.07, 6.45) is -1.60. The van der Waals surface area contributed by atoms with Gasteiger partial charge in [-0.1, -0.05) is 0 Å². The number of benzene rings is 2. The van der Waals surface area contributed by atoms with E-state index < -0.39 is 24.1 Å². The first kappa shape index (κ1) is 20.3. The SMILES string of the molecule is COc1cc(C(=O)OC2COCC2OC(=O)c2ccc(O)c(OC)c2)ccc1O. The lowest BCUT2D eigenvalue weighted by Gasteiger charge is -2.19. The van der Waals surface area contributed by atoms with Crippen LogP contribution in [0.2, 0.25) is 0 Å². The van der Waals surface area contributed by atoms with Crippen LogP contribution in [0, 0.1) is 0 Å². The second-order valence-corrected chi connectivity index (χ2v) is 6.20. The molecule has 0 radical (unpaired) electrons. The molecule has 9 nitrogen and oxygen atoms in total. The normalized spacial score (nSPS) is 18.1.